The van der Waals surface area contributed by atoms with Gasteiger partial charge in [0.15, 0.2) is 0 Å². The molecule has 4 heteroatoms. The lowest BCUT2D eigenvalue weighted by atomic mass is 9.81. The summed E-state index contributed by atoms with van der Waals surface area (Å²) in [7, 11) is 0. The number of benzene rings is 1. The van der Waals surface area contributed by atoms with Gasteiger partial charge in [-0.1, -0.05) is 32.0 Å². The van der Waals surface area contributed by atoms with Gasteiger partial charge in [0.25, 0.3) is 0 Å². The number of nitrogens with zero attached hydrogens (tertiary/aromatic N) is 1. The molecule has 4 nitrogen and oxygen atoms in total. The Morgan fingerprint density at radius 2 is 2.05 bits per heavy atom. The van der Waals surface area contributed by atoms with Crippen LogP contribution in [0.25, 0.3) is 0 Å². The van der Waals surface area contributed by atoms with Gasteiger partial charge in [0.05, 0.1) is 0 Å². The molecule has 0 spiro atoms. The second kappa shape index (κ2) is 5.44. The summed E-state index contributed by atoms with van der Waals surface area (Å²) >= 11 is 0. The van der Waals surface area contributed by atoms with Crippen LogP contribution in [0.1, 0.15) is 25.0 Å². The second-order valence-corrected chi connectivity index (χ2v) is 6.34. The minimum Gasteiger partial charge on any atom is -0.330 e. The molecule has 20 heavy (non-hydrogen) atoms. The number of likely N-dealkylation sites (tertiary alicyclic amines) is 1. The topological polar surface area (TPSA) is 58.4 Å². The zero-order chi connectivity index (χ0) is 14.9. The van der Waals surface area contributed by atoms with E-state index in [1.807, 2.05) is 36.9 Å². The van der Waals surface area contributed by atoms with Gasteiger partial charge in [0.1, 0.15) is 0 Å². The standard InChI is InChI=1S/C16H25N3O/c1-11-6-5-7-12(2)14(11)18-15(20)19-8-13(3)16(4,9-17)10-19/h5-7,13H,8-10,17H2,1-4H3,(H,18,20)/t13-,16-/m1/s1. The maximum Gasteiger partial charge on any atom is 0.321 e. The van der Waals surface area contributed by atoms with Crippen molar-refractivity contribution >= 4 is 11.7 Å². The van der Waals surface area contributed by atoms with E-state index in [-0.39, 0.29) is 11.4 Å². The number of amides is 2. The quantitative estimate of drug-likeness (QED) is 0.872. The summed E-state index contributed by atoms with van der Waals surface area (Å²) in [4.78, 5) is 14.3. The maximum atomic E-state index is 12.4. The lowest BCUT2D eigenvalue weighted by Gasteiger charge is -2.26. The van der Waals surface area contributed by atoms with Crippen LogP contribution in [0.5, 0.6) is 0 Å². The third-order valence-electron chi connectivity index (χ3n) is 4.70. The van der Waals surface area contributed by atoms with Gasteiger partial charge < -0.3 is 16.0 Å². The first-order valence-electron chi connectivity index (χ1n) is 7.19. The molecule has 1 fully saturated rings. The third kappa shape index (κ3) is 2.66. The Bertz CT molecular complexity index is 494. The van der Waals surface area contributed by atoms with E-state index in [1.54, 1.807) is 0 Å². The zero-order valence-electron chi connectivity index (χ0n) is 12.9. The number of nitrogens with two attached hydrogens (primary N) is 1. The molecule has 1 heterocycles. The summed E-state index contributed by atoms with van der Waals surface area (Å²) in [5, 5.41) is 3.05. The van der Waals surface area contributed by atoms with E-state index < -0.39 is 0 Å². The first-order chi connectivity index (χ1) is 9.37. The molecule has 0 aromatic heterocycles. The minimum atomic E-state index is -0.0218. The summed E-state index contributed by atoms with van der Waals surface area (Å²) in [5.41, 5.74) is 8.99. The van der Waals surface area contributed by atoms with Crippen molar-refractivity contribution in [3.8, 4) is 0 Å². The Morgan fingerprint density at radius 1 is 1.45 bits per heavy atom. The van der Waals surface area contributed by atoms with Gasteiger partial charge >= 0.3 is 6.03 Å². The van der Waals surface area contributed by atoms with Crippen molar-refractivity contribution in [3.05, 3.63) is 29.3 Å². The summed E-state index contributed by atoms with van der Waals surface area (Å²) in [6, 6.07) is 6.01. The van der Waals surface area contributed by atoms with Gasteiger partial charge in [-0.15, -0.1) is 0 Å². The largest absolute Gasteiger partial charge is 0.330 e. The van der Waals surface area contributed by atoms with Crippen molar-refractivity contribution in [2.75, 3.05) is 25.0 Å². The average molecular weight is 275 g/mol. The van der Waals surface area contributed by atoms with Crippen molar-refractivity contribution < 1.29 is 4.79 Å². The fourth-order valence-electron chi connectivity index (χ4n) is 2.83. The van der Waals surface area contributed by atoms with E-state index in [0.717, 1.165) is 29.9 Å². The maximum absolute atomic E-state index is 12.4. The molecule has 1 aromatic carbocycles. The monoisotopic (exact) mass is 275 g/mol. The molecule has 1 aliphatic heterocycles. The molecule has 0 saturated carbocycles. The lowest BCUT2D eigenvalue weighted by Crippen LogP contribution is -2.37. The van der Waals surface area contributed by atoms with Crippen molar-refractivity contribution in [1.29, 1.82) is 0 Å². The van der Waals surface area contributed by atoms with Crippen molar-refractivity contribution in [3.63, 3.8) is 0 Å². The predicted molar refractivity (Wildman–Crippen MR) is 82.8 cm³/mol. The highest BCUT2D eigenvalue weighted by Gasteiger charge is 2.41. The number of para-hydroxylation sites is 1. The summed E-state index contributed by atoms with van der Waals surface area (Å²) in [6.45, 7) is 10.5. The number of hydrogen-bond donors (Lipinski definition) is 2. The molecule has 2 atom stereocenters. The van der Waals surface area contributed by atoms with Gasteiger partial charge in [0.2, 0.25) is 0 Å². The number of aryl methyl sites for hydroxylation is 2. The van der Waals surface area contributed by atoms with Crippen molar-refractivity contribution in [2.24, 2.45) is 17.1 Å². The van der Waals surface area contributed by atoms with Crippen LogP contribution in [-0.2, 0) is 0 Å². The van der Waals surface area contributed by atoms with Gasteiger partial charge in [-0.3, -0.25) is 0 Å². The molecule has 1 aliphatic rings. The molecule has 2 rings (SSSR count). The number of urea groups is 1. The first-order valence-corrected chi connectivity index (χ1v) is 7.19. The van der Waals surface area contributed by atoms with E-state index in [1.165, 1.54) is 0 Å². The third-order valence-corrected chi connectivity index (χ3v) is 4.70. The second-order valence-electron chi connectivity index (χ2n) is 6.34. The number of rotatable bonds is 2. The van der Waals surface area contributed by atoms with Crippen molar-refractivity contribution in [2.45, 2.75) is 27.7 Å². The van der Waals surface area contributed by atoms with E-state index in [0.29, 0.717) is 12.5 Å². The highest BCUT2D eigenvalue weighted by molar-refractivity contribution is 5.91. The molecular weight excluding hydrogens is 250 g/mol. The van der Waals surface area contributed by atoms with Gasteiger partial charge in [-0.25, -0.2) is 4.79 Å². The van der Waals surface area contributed by atoms with Gasteiger partial charge in [0, 0.05) is 24.2 Å². The molecule has 1 saturated heterocycles. The minimum absolute atomic E-state index is 0.0218. The SMILES string of the molecule is Cc1cccc(C)c1NC(=O)N1C[C@@H](C)[C@](C)(CN)C1. The molecule has 1 aromatic rings. The van der Waals surface area contributed by atoms with Crippen LogP contribution in [-0.4, -0.2) is 30.6 Å². The normalized spacial score (nSPS) is 25.9. The average Bonchev–Trinajstić information content (AvgIpc) is 2.71. The molecular formula is C16H25N3O. The van der Waals surface area contributed by atoms with Gasteiger partial charge in [-0.2, -0.15) is 0 Å². The first kappa shape index (κ1) is 14.9. The smallest absolute Gasteiger partial charge is 0.321 e. The summed E-state index contributed by atoms with van der Waals surface area (Å²) < 4.78 is 0. The number of nitrogens with one attached hydrogen (secondary N) is 1. The Kier molecular flexibility index (Phi) is 4.04. The molecule has 0 bridgehead atoms. The van der Waals surface area contributed by atoms with E-state index in [9.17, 15) is 4.79 Å². The van der Waals surface area contributed by atoms with Crippen LogP contribution >= 0.6 is 0 Å². The highest BCUT2D eigenvalue weighted by atomic mass is 16.2. The predicted octanol–water partition coefficient (Wildman–Crippen LogP) is 2.75. The van der Waals surface area contributed by atoms with E-state index in [4.69, 9.17) is 5.73 Å². The van der Waals surface area contributed by atoms with E-state index in [2.05, 4.69) is 19.2 Å². The Labute approximate surface area is 121 Å². The molecule has 3 N–H and O–H groups in total. The highest BCUT2D eigenvalue weighted by Crippen LogP contribution is 2.34. The van der Waals surface area contributed by atoms with Crippen LogP contribution in [0, 0.1) is 25.2 Å². The number of carbonyl (C=O) groups excluding carboxylic acids is 1. The molecule has 0 unspecified atom stereocenters. The number of carbonyl (C=O) groups is 1. The van der Waals surface area contributed by atoms with E-state index >= 15 is 0 Å². The Balaban J connectivity index is 2.11. The molecule has 0 aliphatic carbocycles. The molecule has 110 valence electrons. The van der Waals surface area contributed by atoms with Crippen LogP contribution in [0.4, 0.5) is 10.5 Å². The number of anilines is 1. The lowest BCUT2D eigenvalue weighted by molar-refractivity contribution is 0.215. The van der Waals surface area contributed by atoms with Crippen LogP contribution in [0.2, 0.25) is 0 Å². The van der Waals surface area contributed by atoms with Gasteiger partial charge in [-0.05, 0) is 37.4 Å². The van der Waals surface area contributed by atoms with Crippen LogP contribution in [0.3, 0.4) is 0 Å². The van der Waals surface area contributed by atoms with Crippen LogP contribution < -0.4 is 11.1 Å². The fourth-order valence-corrected chi connectivity index (χ4v) is 2.83. The summed E-state index contributed by atoms with van der Waals surface area (Å²) in [5.74, 6) is 0.427. The zero-order valence-corrected chi connectivity index (χ0v) is 12.9. The Hall–Kier alpha value is -1.55. The Morgan fingerprint density at radius 3 is 2.55 bits per heavy atom. The number of hydrogen-bond acceptors (Lipinski definition) is 2. The van der Waals surface area contributed by atoms with Crippen LogP contribution in [0.15, 0.2) is 18.2 Å². The summed E-state index contributed by atoms with van der Waals surface area (Å²) in [6.07, 6.45) is 0. The molecule has 0 radical (unpaired) electrons. The fraction of sp³-hybridized carbons (Fsp3) is 0.562. The van der Waals surface area contributed by atoms with Crippen molar-refractivity contribution in [1.82, 2.24) is 4.90 Å². The molecule has 2 amide bonds.